The van der Waals surface area contributed by atoms with Crippen LogP contribution in [-0.4, -0.2) is 41.3 Å². The second-order valence-electron chi connectivity index (χ2n) is 4.42. The fourth-order valence-corrected chi connectivity index (χ4v) is 2.51. The van der Waals surface area contributed by atoms with Gasteiger partial charge in [0.05, 0.1) is 20.3 Å². The van der Waals surface area contributed by atoms with Gasteiger partial charge in [-0.3, -0.25) is 0 Å². The van der Waals surface area contributed by atoms with Crippen molar-refractivity contribution in [2.45, 2.75) is 17.0 Å². The number of ether oxygens (including phenoxy) is 2. The van der Waals surface area contributed by atoms with Crippen LogP contribution >= 0.6 is 11.8 Å². The molecular formula is C16H18N4O3S. The molecule has 0 spiro atoms. The third-order valence-corrected chi connectivity index (χ3v) is 3.63. The Labute approximate surface area is 144 Å². The molecule has 126 valence electrons. The van der Waals surface area contributed by atoms with Crippen molar-refractivity contribution in [1.29, 1.82) is 0 Å². The molecule has 8 heteroatoms. The zero-order valence-corrected chi connectivity index (χ0v) is 14.3. The lowest BCUT2D eigenvalue weighted by Gasteiger charge is -2.18. The average molecular weight is 346 g/mol. The van der Waals surface area contributed by atoms with Gasteiger partial charge in [-0.1, -0.05) is 24.3 Å². The summed E-state index contributed by atoms with van der Waals surface area (Å²) in [4.78, 5) is 26.9. The lowest BCUT2D eigenvalue weighted by molar-refractivity contribution is 0.179. The molecule has 2 aromatic rings. The maximum absolute atomic E-state index is 11.9. The first-order valence-corrected chi connectivity index (χ1v) is 8.07. The summed E-state index contributed by atoms with van der Waals surface area (Å²) in [5.41, 5.74) is 0. The van der Waals surface area contributed by atoms with Gasteiger partial charge in [-0.05, 0) is 30.8 Å². The van der Waals surface area contributed by atoms with Crippen molar-refractivity contribution in [3.8, 4) is 6.01 Å². The molecule has 24 heavy (non-hydrogen) atoms. The molecule has 2 rings (SSSR count). The van der Waals surface area contributed by atoms with E-state index in [1.54, 1.807) is 6.08 Å². The minimum Gasteiger partial charge on any atom is -0.464 e. The standard InChI is InChI=1S/C16H18N4O3S/c1-4-11-20(16(21)22-3)13-17-14(23-5-2)19-15(18-13)24-12-9-7-6-8-10-12/h4,6-10H,1,5,11H2,2-3H3. The van der Waals surface area contributed by atoms with Gasteiger partial charge in [0.15, 0.2) is 0 Å². The van der Waals surface area contributed by atoms with E-state index in [0.29, 0.717) is 11.8 Å². The van der Waals surface area contributed by atoms with E-state index in [2.05, 4.69) is 21.5 Å². The van der Waals surface area contributed by atoms with Crippen molar-refractivity contribution in [1.82, 2.24) is 15.0 Å². The Hall–Kier alpha value is -2.61. The van der Waals surface area contributed by atoms with Crippen molar-refractivity contribution >= 4 is 23.8 Å². The number of methoxy groups -OCH3 is 1. The zero-order chi connectivity index (χ0) is 17.4. The predicted octanol–water partition coefficient (Wildman–Crippen LogP) is 3.18. The number of carbonyl (C=O) groups excluding carboxylic acids is 1. The van der Waals surface area contributed by atoms with Crippen molar-refractivity contribution in [2.75, 3.05) is 25.2 Å². The van der Waals surface area contributed by atoms with Gasteiger partial charge in [0.2, 0.25) is 11.1 Å². The van der Waals surface area contributed by atoms with Crippen molar-refractivity contribution in [3.63, 3.8) is 0 Å². The molecule has 7 nitrogen and oxygen atoms in total. The first-order valence-electron chi connectivity index (χ1n) is 7.26. The van der Waals surface area contributed by atoms with Gasteiger partial charge < -0.3 is 9.47 Å². The van der Waals surface area contributed by atoms with Gasteiger partial charge in [0.25, 0.3) is 0 Å². The molecule has 1 aromatic heterocycles. The highest BCUT2D eigenvalue weighted by molar-refractivity contribution is 7.99. The molecule has 0 aliphatic rings. The summed E-state index contributed by atoms with van der Waals surface area (Å²) in [5.74, 6) is 0.152. The Morgan fingerprint density at radius 1 is 1.29 bits per heavy atom. The predicted molar refractivity (Wildman–Crippen MR) is 91.5 cm³/mol. The number of rotatable bonds is 7. The number of anilines is 1. The minimum atomic E-state index is -0.584. The molecule has 0 aliphatic carbocycles. The van der Waals surface area contributed by atoms with E-state index in [1.807, 2.05) is 37.3 Å². The van der Waals surface area contributed by atoms with Crippen LogP contribution in [0.15, 0.2) is 53.0 Å². The molecule has 0 fully saturated rings. The molecule has 1 heterocycles. The normalized spacial score (nSPS) is 10.1. The van der Waals surface area contributed by atoms with Gasteiger partial charge in [-0.15, -0.1) is 6.58 Å². The third-order valence-electron chi connectivity index (χ3n) is 2.76. The molecule has 0 radical (unpaired) electrons. The maximum Gasteiger partial charge on any atom is 0.416 e. The SMILES string of the molecule is C=CCN(C(=O)OC)c1nc(OCC)nc(Sc2ccccc2)n1. The van der Waals surface area contributed by atoms with Gasteiger partial charge in [-0.2, -0.15) is 15.0 Å². The molecule has 0 saturated carbocycles. The van der Waals surface area contributed by atoms with E-state index >= 15 is 0 Å². The molecule has 0 aliphatic heterocycles. The van der Waals surface area contributed by atoms with E-state index in [0.717, 1.165) is 4.90 Å². The number of benzene rings is 1. The molecule has 0 bridgehead atoms. The van der Waals surface area contributed by atoms with E-state index in [4.69, 9.17) is 9.47 Å². The maximum atomic E-state index is 11.9. The van der Waals surface area contributed by atoms with Crippen molar-refractivity contribution in [2.24, 2.45) is 0 Å². The van der Waals surface area contributed by atoms with Crippen LogP contribution in [0, 0.1) is 0 Å². The fourth-order valence-electron chi connectivity index (χ4n) is 1.76. The van der Waals surface area contributed by atoms with Crippen molar-refractivity contribution in [3.05, 3.63) is 43.0 Å². The van der Waals surface area contributed by atoms with Gasteiger partial charge >= 0.3 is 12.1 Å². The van der Waals surface area contributed by atoms with Crippen LogP contribution < -0.4 is 9.64 Å². The van der Waals surface area contributed by atoms with Gasteiger partial charge in [0, 0.05) is 4.90 Å². The molecule has 0 N–H and O–H groups in total. The highest BCUT2D eigenvalue weighted by atomic mass is 32.2. The smallest absolute Gasteiger partial charge is 0.416 e. The Balaban J connectivity index is 2.38. The summed E-state index contributed by atoms with van der Waals surface area (Å²) in [6.07, 6.45) is 0.977. The van der Waals surface area contributed by atoms with E-state index in [-0.39, 0.29) is 18.5 Å². The van der Waals surface area contributed by atoms with E-state index in [1.165, 1.54) is 23.8 Å². The number of aromatic nitrogens is 3. The van der Waals surface area contributed by atoms with Gasteiger partial charge in [-0.25, -0.2) is 9.69 Å². The average Bonchev–Trinajstić information content (AvgIpc) is 2.60. The van der Waals surface area contributed by atoms with Crippen LogP contribution in [0.4, 0.5) is 10.7 Å². The van der Waals surface area contributed by atoms with Crippen molar-refractivity contribution < 1.29 is 14.3 Å². The summed E-state index contributed by atoms with van der Waals surface area (Å²) in [6, 6.07) is 9.81. The van der Waals surface area contributed by atoms with Crippen LogP contribution in [0.2, 0.25) is 0 Å². The second-order valence-corrected chi connectivity index (χ2v) is 5.46. The highest BCUT2D eigenvalue weighted by Crippen LogP contribution is 2.27. The van der Waals surface area contributed by atoms with Crippen LogP contribution in [0.5, 0.6) is 6.01 Å². The van der Waals surface area contributed by atoms with Crippen LogP contribution in [-0.2, 0) is 4.74 Å². The lowest BCUT2D eigenvalue weighted by Crippen LogP contribution is -2.32. The molecule has 0 atom stereocenters. The lowest BCUT2D eigenvalue weighted by atomic mass is 10.4. The highest BCUT2D eigenvalue weighted by Gasteiger charge is 2.20. The van der Waals surface area contributed by atoms with E-state index < -0.39 is 6.09 Å². The first kappa shape index (κ1) is 17.7. The molecule has 1 amide bonds. The number of nitrogens with zero attached hydrogens (tertiary/aromatic N) is 4. The monoisotopic (exact) mass is 346 g/mol. The number of hydrogen-bond donors (Lipinski definition) is 0. The number of amides is 1. The topological polar surface area (TPSA) is 77.4 Å². The summed E-state index contributed by atoms with van der Waals surface area (Å²) < 4.78 is 10.2. The summed E-state index contributed by atoms with van der Waals surface area (Å²) in [7, 11) is 1.29. The third kappa shape index (κ3) is 4.69. The molecule has 0 saturated heterocycles. The Kier molecular flexibility index (Phi) is 6.56. The summed E-state index contributed by atoms with van der Waals surface area (Å²) >= 11 is 1.35. The van der Waals surface area contributed by atoms with E-state index in [9.17, 15) is 4.79 Å². The quantitative estimate of drug-likeness (QED) is 0.713. The Morgan fingerprint density at radius 3 is 2.67 bits per heavy atom. The second kappa shape index (κ2) is 8.88. The number of hydrogen-bond acceptors (Lipinski definition) is 7. The number of carbonyl (C=O) groups is 1. The summed E-state index contributed by atoms with van der Waals surface area (Å²) in [5, 5.41) is 0.424. The molecule has 1 aromatic carbocycles. The Morgan fingerprint density at radius 2 is 2.04 bits per heavy atom. The van der Waals surface area contributed by atoms with Gasteiger partial charge in [0.1, 0.15) is 0 Å². The minimum absolute atomic E-state index is 0.152. The van der Waals surface area contributed by atoms with Crippen LogP contribution in [0.1, 0.15) is 6.92 Å². The molecule has 0 unspecified atom stereocenters. The van der Waals surface area contributed by atoms with Crippen LogP contribution in [0.25, 0.3) is 0 Å². The molecular weight excluding hydrogens is 328 g/mol. The Bertz CT molecular complexity index is 697. The van der Waals surface area contributed by atoms with Crippen LogP contribution in [0.3, 0.4) is 0 Å². The zero-order valence-electron chi connectivity index (χ0n) is 13.5. The largest absolute Gasteiger partial charge is 0.464 e. The fraction of sp³-hybridized carbons (Fsp3) is 0.250. The first-order chi connectivity index (χ1) is 11.7. The summed E-state index contributed by atoms with van der Waals surface area (Å²) in [6.45, 7) is 6.07.